The van der Waals surface area contributed by atoms with Gasteiger partial charge in [0.05, 0.1) is 18.3 Å². The van der Waals surface area contributed by atoms with Crippen molar-refractivity contribution in [2.75, 3.05) is 12.0 Å². The first kappa shape index (κ1) is 14.0. The van der Waals surface area contributed by atoms with Gasteiger partial charge in [0.1, 0.15) is 9.84 Å². The van der Waals surface area contributed by atoms with Gasteiger partial charge in [0.15, 0.2) is 5.82 Å². The van der Waals surface area contributed by atoms with Crippen LogP contribution in [0, 0.1) is 0 Å². The van der Waals surface area contributed by atoms with E-state index in [1.165, 1.54) is 6.26 Å². The molecule has 8 heteroatoms. The van der Waals surface area contributed by atoms with Crippen LogP contribution in [0.5, 0.6) is 0 Å². The fourth-order valence-corrected chi connectivity index (χ4v) is 2.49. The first-order valence-corrected chi connectivity index (χ1v) is 7.53. The molecule has 1 atom stereocenters. The fourth-order valence-electron chi connectivity index (χ4n) is 1.48. The number of nitrogens with zero attached hydrogens (tertiary/aromatic N) is 4. The van der Waals surface area contributed by atoms with Gasteiger partial charge in [-0.1, -0.05) is 13.8 Å². The predicted octanol–water partition coefficient (Wildman–Crippen LogP) is -0.223. The molecular formula is C9H19N5O2S. The van der Waals surface area contributed by atoms with Crippen molar-refractivity contribution >= 4 is 9.84 Å². The molecule has 1 aromatic rings. The lowest BCUT2D eigenvalue weighted by Gasteiger charge is -2.13. The zero-order chi connectivity index (χ0) is 13.1. The quantitative estimate of drug-likeness (QED) is 0.761. The Morgan fingerprint density at radius 3 is 2.53 bits per heavy atom. The van der Waals surface area contributed by atoms with Crippen LogP contribution in [0.1, 0.15) is 32.6 Å². The van der Waals surface area contributed by atoms with Crippen molar-refractivity contribution in [3.63, 3.8) is 0 Å². The largest absolute Gasteiger partial charge is 0.308 e. The summed E-state index contributed by atoms with van der Waals surface area (Å²) in [5.74, 6) is 0.682. The van der Waals surface area contributed by atoms with Crippen molar-refractivity contribution < 1.29 is 8.42 Å². The summed E-state index contributed by atoms with van der Waals surface area (Å²) in [5, 5.41) is 14.5. The first-order valence-electron chi connectivity index (χ1n) is 5.47. The maximum Gasteiger partial charge on any atom is 0.165 e. The molecule has 0 aliphatic rings. The maximum absolute atomic E-state index is 11.2. The van der Waals surface area contributed by atoms with Gasteiger partial charge in [-0.25, -0.2) is 13.1 Å². The molecule has 0 spiro atoms. The second kappa shape index (κ2) is 5.54. The molecule has 17 heavy (non-hydrogen) atoms. The lowest BCUT2D eigenvalue weighted by Crippen LogP contribution is -2.26. The third-order valence-corrected chi connectivity index (χ3v) is 3.28. The van der Waals surface area contributed by atoms with Crippen LogP contribution in [0.15, 0.2) is 0 Å². The molecule has 0 amide bonds. The van der Waals surface area contributed by atoms with Crippen molar-refractivity contribution in [1.29, 1.82) is 0 Å². The third kappa shape index (κ3) is 4.78. The zero-order valence-corrected chi connectivity index (χ0v) is 11.4. The Morgan fingerprint density at radius 2 is 2.00 bits per heavy atom. The van der Waals surface area contributed by atoms with Crippen LogP contribution < -0.4 is 5.32 Å². The van der Waals surface area contributed by atoms with Crippen molar-refractivity contribution in [3.8, 4) is 0 Å². The van der Waals surface area contributed by atoms with E-state index >= 15 is 0 Å². The van der Waals surface area contributed by atoms with Crippen molar-refractivity contribution in [2.45, 2.75) is 39.4 Å². The number of sulfone groups is 1. The van der Waals surface area contributed by atoms with Gasteiger partial charge in [-0.15, -0.1) is 5.10 Å². The molecule has 0 aliphatic heterocycles. The Morgan fingerprint density at radius 1 is 1.35 bits per heavy atom. The molecule has 1 heterocycles. The number of rotatable bonds is 6. The fraction of sp³-hybridized carbons (Fsp3) is 0.889. The smallest absolute Gasteiger partial charge is 0.165 e. The molecule has 0 aliphatic carbocycles. The number of tetrazole rings is 1. The van der Waals surface area contributed by atoms with E-state index in [4.69, 9.17) is 0 Å². The number of aromatic nitrogens is 4. The summed E-state index contributed by atoms with van der Waals surface area (Å²) in [7, 11) is -3.03. The van der Waals surface area contributed by atoms with Crippen LogP contribution in [-0.4, -0.2) is 46.7 Å². The Bertz CT molecular complexity index is 454. The normalized spacial score (nSPS) is 14.2. The minimum absolute atomic E-state index is 0.0344. The zero-order valence-electron chi connectivity index (χ0n) is 10.6. The molecule has 98 valence electrons. The van der Waals surface area contributed by atoms with Gasteiger partial charge < -0.3 is 5.32 Å². The van der Waals surface area contributed by atoms with E-state index in [-0.39, 0.29) is 11.8 Å². The molecule has 1 aromatic heterocycles. The standard InChI is InChI=1S/C9H19N5O2S/c1-7(2)10-5-9-11-12-13-14(9)8(3)6-17(4,15)16/h7-8,10H,5-6H2,1-4H3. The van der Waals surface area contributed by atoms with E-state index in [1.807, 2.05) is 13.8 Å². The Labute approximate surface area is 102 Å². The molecule has 1 rings (SSSR count). The lowest BCUT2D eigenvalue weighted by molar-refractivity contribution is 0.468. The third-order valence-electron chi connectivity index (χ3n) is 2.19. The monoisotopic (exact) mass is 261 g/mol. The summed E-state index contributed by atoms with van der Waals surface area (Å²) in [6.45, 7) is 6.36. The minimum Gasteiger partial charge on any atom is -0.308 e. The highest BCUT2D eigenvalue weighted by Gasteiger charge is 2.17. The van der Waals surface area contributed by atoms with Gasteiger partial charge >= 0.3 is 0 Å². The SMILES string of the molecule is CC(C)NCc1nnnn1C(C)CS(C)(=O)=O. The second-order valence-electron chi connectivity index (χ2n) is 4.52. The molecule has 1 unspecified atom stereocenters. The van der Waals surface area contributed by atoms with Gasteiger partial charge in [-0.3, -0.25) is 0 Å². The van der Waals surface area contributed by atoms with Gasteiger partial charge in [-0.2, -0.15) is 0 Å². The van der Waals surface area contributed by atoms with Crippen LogP contribution >= 0.6 is 0 Å². The van der Waals surface area contributed by atoms with Crippen LogP contribution in [-0.2, 0) is 16.4 Å². The van der Waals surface area contributed by atoms with Crippen LogP contribution in [0.4, 0.5) is 0 Å². The maximum atomic E-state index is 11.2. The lowest BCUT2D eigenvalue weighted by atomic mass is 10.3. The average molecular weight is 261 g/mol. The second-order valence-corrected chi connectivity index (χ2v) is 6.70. The van der Waals surface area contributed by atoms with Crippen molar-refractivity contribution in [2.24, 2.45) is 0 Å². The summed E-state index contributed by atoms with van der Waals surface area (Å²) >= 11 is 0. The van der Waals surface area contributed by atoms with E-state index in [1.54, 1.807) is 11.6 Å². The summed E-state index contributed by atoms with van der Waals surface area (Å²) in [4.78, 5) is 0. The number of hydrogen-bond acceptors (Lipinski definition) is 6. The van der Waals surface area contributed by atoms with E-state index in [0.29, 0.717) is 18.4 Å². The molecule has 7 nitrogen and oxygen atoms in total. The van der Waals surface area contributed by atoms with Crippen molar-refractivity contribution in [3.05, 3.63) is 5.82 Å². The van der Waals surface area contributed by atoms with Gasteiger partial charge in [-0.05, 0) is 17.4 Å². The van der Waals surface area contributed by atoms with Crippen LogP contribution in [0.25, 0.3) is 0 Å². The molecule has 0 saturated heterocycles. The first-order chi connectivity index (χ1) is 7.79. The van der Waals surface area contributed by atoms with Crippen LogP contribution in [0.2, 0.25) is 0 Å². The molecule has 1 N–H and O–H groups in total. The Hall–Kier alpha value is -1.02. The van der Waals surface area contributed by atoms with Gasteiger partial charge in [0.25, 0.3) is 0 Å². The van der Waals surface area contributed by atoms with E-state index in [9.17, 15) is 8.42 Å². The highest BCUT2D eigenvalue weighted by molar-refractivity contribution is 7.90. The van der Waals surface area contributed by atoms with Gasteiger partial charge in [0.2, 0.25) is 0 Å². The summed E-state index contributed by atoms with van der Waals surface area (Å²) < 4.78 is 24.0. The van der Waals surface area contributed by atoms with Crippen molar-refractivity contribution in [1.82, 2.24) is 25.5 Å². The predicted molar refractivity (Wildman–Crippen MR) is 64.2 cm³/mol. The van der Waals surface area contributed by atoms with E-state index < -0.39 is 9.84 Å². The minimum atomic E-state index is -3.03. The molecule has 0 bridgehead atoms. The summed E-state index contributed by atoms with van der Waals surface area (Å²) in [6, 6.07) is 0.0642. The van der Waals surface area contributed by atoms with Gasteiger partial charge in [0, 0.05) is 12.3 Å². The molecule has 0 saturated carbocycles. The van der Waals surface area contributed by atoms with E-state index in [2.05, 4.69) is 20.8 Å². The molecule has 0 fully saturated rings. The number of hydrogen-bond donors (Lipinski definition) is 1. The topological polar surface area (TPSA) is 89.8 Å². The highest BCUT2D eigenvalue weighted by atomic mass is 32.2. The molecular weight excluding hydrogens is 242 g/mol. The van der Waals surface area contributed by atoms with Crippen LogP contribution in [0.3, 0.4) is 0 Å². The molecule has 0 aromatic carbocycles. The Kier molecular flexibility index (Phi) is 4.58. The number of nitrogens with one attached hydrogen (secondary N) is 1. The summed E-state index contributed by atoms with van der Waals surface area (Å²) in [5.41, 5.74) is 0. The highest BCUT2D eigenvalue weighted by Crippen LogP contribution is 2.08. The Balaban J connectivity index is 2.74. The summed E-state index contributed by atoms with van der Waals surface area (Å²) in [6.07, 6.45) is 1.21. The van der Waals surface area contributed by atoms with E-state index in [0.717, 1.165) is 0 Å². The molecule has 0 radical (unpaired) electrons. The average Bonchev–Trinajstić information content (AvgIpc) is 2.59.